The number of nitrogens with one attached hydrogen (secondary N) is 1. The van der Waals surface area contributed by atoms with E-state index in [9.17, 15) is 9.59 Å². The Morgan fingerprint density at radius 2 is 1.95 bits per heavy atom. The third-order valence-corrected chi connectivity index (χ3v) is 4.16. The summed E-state index contributed by atoms with van der Waals surface area (Å²) in [5.74, 6) is -0.739. The van der Waals surface area contributed by atoms with Crippen LogP contribution in [0.15, 0.2) is 23.6 Å². The number of hydrogen-bond donors (Lipinski definition) is 2. The van der Waals surface area contributed by atoms with E-state index in [2.05, 4.69) is 5.32 Å². The molecule has 1 amide bonds. The number of hydrogen-bond acceptors (Lipinski definition) is 5. The standard InChI is InChI=1S/C15H16N2O3S/c1-8-6-10(16)4-5-11(8)14(18)17-12-9(2)7-21-13(12)15(19)20-3/h4-7H,16H2,1-3H3,(H,17,18). The number of methoxy groups -OCH3 is 1. The number of nitrogen functional groups attached to an aromatic ring is 1. The zero-order valence-corrected chi connectivity index (χ0v) is 12.8. The van der Waals surface area contributed by atoms with E-state index in [1.165, 1.54) is 18.4 Å². The maximum absolute atomic E-state index is 12.4. The van der Waals surface area contributed by atoms with Crippen LogP contribution in [0.1, 0.15) is 31.2 Å². The van der Waals surface area contributed by atoms with E-state index in [4.69, 9.17) is 10.5 Å². The van der Waals surface area contributed by atoms with Crippen molar-refractivity contribution in [1.29, 1.82) is 0 Å². The van der Waals surface area contributed by atoms with Crippen LogP contribution in [0.3, 0.4) is 0 Å². The second-order valence-corrected chi connectivity index (χ2v) is 5.52. The smallest absolute Gasteiger partial charge is 0.350 e. The number of thiophene rings is 1. The van der Waals surface area contributed by atoms with Gasteiger partial charge in [-0.15, -0.1) is 11.3 Å². The molecule has 21 heavy (non-hydrogen) atoms. The number of carbonyl (C=O) groups is 2. The summed E-state index contributed by atoms with van der Waals surface area (Å²) in [7, 11) is 1.31. The molecule has 0 bridgehead atoms. The molecule has 0 unspecified atom stereocenters. The van der Waals surface area contributed by atoms with Crippen molar-refractivity contribution in [2.75, 3.05) is 18.2 Å². The minimum atomic E-state index is -0.461. The Balaban J connectivity index is 2.32. The zero-order valence-electron chi connectivity index (χ0n) is 12.0. The van der Waals surface area contributed by atoms with Crippen molar-refractivity contribution in [3.8, 4) is 0 Å². The van der Waals surface area contributed by atoms with Gasteiger partial charge in [0.1, 0.15) is 4.88 Å². The fourth-order valence-corrected chi connectivity index (χ4v) is 2.89. The predicted molar refractivity (Wildman–Crippen MR) is 83.9 cm³/mol. The van der Waals surface area contributed by atoms with Crippen LogP contribution in [-0.2, 0) is 4.74 Å². The minimum Gasteiger partial charge on any atom is -0.465 e. The van der Waals surface area contributed by atoms with Gasteiger partial charge >= 0.3 is 5.97 Å². The van der Waals surface area contributed by atoms with Gasteiger partial charge in [-0.3, -0.25) is 4.79 Å². The SMILES string of the molecule is COC(=O)c1scc(C)c1NC(=O)c1ccc(N)cc1C. The molecule has 6 heteroatoms. The highest BCUT2D eigenvalue weighted by Crippen LogP contribution is 2.29. The Hall–Kier alpha value is -2.34. The van der Waals surface area contributed by atoms with Gasteiger partial charge in [-0.1, -0.05) is 0 Å². The number of esters is 1. The van der Waals surface area contributed by atoms with E-state index >= 15 is 0 Å². The lowest BCUT2D eigenvalue weighted by molar-refractivity contribution is 0.0607. The van der Waals surface area contributed by atoms with Crippen molar-refractivity contribution in [3.63, 3.8) is 0 Å². The maximum atomic E-state index is 12.4. The Morgan fingerprint density at radius 3 is 2.57 bits per heavy atom. The van der Waals surface area contributed by atoms with Gasteiger partial charge in [-0.2, -0.15) is 0 Å². The Labute approximate surface area is 126 Å². The molecule has 0 atom stereocenters. The predicted octanol–water partition coefficient (Wildman–Crippen LogP) is 2.99. The number of ether oxygens (including phenoxy) is 1. The number of carbonyl (C=O) groups excluding carboxylic acids is 2. The summed E-state index contributed by atoms with van der Waals surface area (Å²) in [5.41, 5.74) is 8.89. The Kier molecular flexibility index (Phi) is 4.28. The normalized spacial score (nSPS) is 10.2. The second-order valence-electron chi connectivity index (χ2n) is 4.64. The second kappa shape index (κ2) is 5.97. The molecule has 0 aliphatic rings. The highest BCUT2D eigenvalue weighted by Gasteiger charge is 2.19. The van der Waals surface area contributed by atoms with Gasteiger partial charge in [0.15, 0.2) is 0 Å². The van der Waals surface area contributed by atoms with Crippen molar-refractivity contribution in [3.05, 3.63) is 45.1 Å². The molecule has 0 saturated carbocycles. The van der Waals surface area contributed by atoms with Gasteiger partial charge in [0.2, 0.25) is 0 Å². The first-order chi connectivity index (χ1) is 9.93. The maximum Gasteiger partial charge on any atom is 0.350 e. The molecule has 0 aliphatic carbocycles. The van der Waals surface area contributed by atoms with Gasteiger partial charge in [0.05, 0.1) is 12.8 Å². The summed E-state index contributed by atoms with van der Waals surface area (Å²) in [6.45, 7) is 3.64. The van der Waals surface area contributed by atoms with E-state index in [0.29, 0.717) is 21.8 Å². The van der Waals surface area contributed by atoms with E-state index < -0.39 is 5.97 Å². The number of aryl methyl sites for hydroxylation is 2. The summed E-state index contributed by atoms with van der Waals surface area (Å²) >= 11 is 1.24. The summed E-state index contributed by atoms with van der Waals surface area (Å²) in [4.78, 5) is 24.4. The first-order valence-electron chi connectivity index (χ1n) is 6.28. The van der Waals surface area contributed by atoms with E-state index in [1.807, 2.05) is 13.8 Å². The van der Waals surface area contributed by atoms with Crippen LogP contribution < -0.4 is 11.1 Å². The van der Waals surface area contributed by atoms with Crippen molar-refractivity contribution in [2.45, 2.75) is 13.8 Å². The lowest BCUT2D eigenvalue weighted by Gasteiger charge is -2.09. The van der Waals surface area contributed by atoms with Crippen molar-refractivity contribution < 1.29 is 14.3 Å². The first kappa shape index (κ1) is 15.1. The molecule has 5 nitrogen and oxygen atoms in total. The third kappa shape index (κ3) is 3.05. The molecule has 1 heterocycles. The van der Waals surface area contributed by atoms with Crippen LogP contribution in [0.25, 0.3) is 0 Å². The number of rotatable bonds is 3. The topological polar surface area (TPSA) is 81.4 Å². The highest BCUT2D eigenvalue weighted by molar-refractivity contribution is 7.12. The molecule has 0 spiro atoms. The largest absolute Gasteiger partial charge is 0.465 e. The van der Waals surface area contributed by atoms with Gasteiger partial charge in [-0.05, 0) is 48.6 Å². The van der Waals surface area contributed by atoms with Gasteiger partial charge in [0.25, 0.3) is 5.91 Å². The van der Waals surface area contributed by atoms with Crippen LogP contribution in [0.4, 0.5) is 11.4 Å². The van der Waals surface area contributed by atoms with Gasteiger partial charge in [0, 0.05) is 11.3 Å². The molecular formula is C15H16N2O3S. The molecule has 0 fully saturated rings. The van der Waals surface area contributed by atoms with Crippen molar-refractivity contribution in [2.24, 2.45) is 0 Å². The molecular weight excluding hydrogens is 288 g/mol. The molecule has 0 saturated heterocycles. The average Bonchev–Trinajstić information content (AvgIpc) is 2.79. The average molecular weight is 304 g/mol. The van der Waals surface area contributed by atoms with Crippen molar-refractivity contribution >= 4 is 34.6 Å². The lowest BCUT2D eigenvalue weighted by atomic mass is 10.1. The summed E-state index contributed by atoms with van der Waals surface area (Å²) < 4.78 is 4.72. The molecule has 110 valence electrons. The first-order valence-corrected chi connectivity index (χ1v) is 7.16. The lowest BCUT2D eigenvalue weighted by Crippen LogP contribution is -2.16. The van der Waals surface area contributed by atoms with Crippen LogP contribution in [0, 0.1) is 13.8 Å². The number of benzene rings is 1. The highest BCUT2D eigenvalue weighted by atomic mass is 32.1. The van der Waals surface area contributed by atoms with Crippen LogP contribution >= 0.6 is 11.3 Å². The summed E-state index contributed by atoms with van der Waals surface area (Å²) in [6.07, 6.45) is 0. The summed E-state index contributed by atoms with van der Waals surface area (Å²) in [5, 5.41) is 4.58. The van der Waals surface area contributed by atoms with Crippen LogP contribution in [0.2, 0.25) is 0 Å². The zero-order chi connectivity index (χ0) is 15.6. The number of nitrogens with two attached hydrogens (primary N) is 1. The number of anilines is 2. The van der Waals surface area contributed by atoms with Crippen molar-refractivity contribution in [1.82, 2.24) is 0 Å². The fraction of sp³-hybridized carbons (Fsp3) is 0.200. The molecule has 2 rings (SSSR count). The monoisotopic (exact) mass is 304 g/mol. The Bertz CT molecular complexity index is 707. The van der Waals surface area contributed by atoms with Gasteiger partial charge in [-0.25, -0.2) is 4.79 Å². The van der Waals surface area contributed by atoms with E-state index in [0.717, 1.165) is 11.1 Å². The Morgan fingerprint density at radius 1 is 1.24 bits per heavy atom. The molecule has 3 N–H and O–H groups in total. The van der Waals surface area contributed by atoms with E-state index in [1.54, 1.807) is 23.6 Å². The third-order valence-electron chi connectivity index (χ3n) is 3.08. The van der Waals surface area contributed by atoms with E-state index in [-0.39, 0.29) is 5.91 Å². The fourth-order valence-electron chi connectivity index (χ4n) is 1.96. The van der Waals surface area contributed by atoms with Crippen LogP contribution in [0.5, 0.6) is 0 Å². The molecule has 2 aromatic rings. The molecule has 0 aliphatic heterocycles. The van der Waals surface area contributed by atoms with Crippen LogP contribution in [-0.4, -0.2) is 19.0 Å². The number of amides is 1. The minimum absolute atomic E-state index is 0.279. The molecule has 0 radical (unpaired) electrons. The molecule has 1 aromatic carbocycles. The summed E-state index contributed by atoms with van der Waals surface area (Å²) in [6, 6.07) is 5.07. The molecule has 1 aromatic heterocycles. The quantitative estimate of drug-likeness (QED) is 0.674. The van der Waals surface area contributed by atoms with Gasteiger partial charge < -0.3 is 15.8 Å².